The molecule has 1 aliphatic carbocycles. The molecular formula is C13H22N2O. The molecule has 0 aromatic rings. The van der Waals surface area contributed by atoms with Crippen LogP contribution in [0.2, 0.25) is 0 Å². The van der Waals surface area contributed by atoms with Gasteiger partial charge in [-0.15, -0.1) is 12.3 Å². The maximum Gasteiger partial charge on any atom is 0.227 e. The van der Waals surface area contributed by atoms with Crippen molar-refractivity contribution in [3.8, 4) is 12.3 Å². The second-order valence-electron chi connectivity index (χ2n) is 4.88. The van der Waals surface area contributed by atoms with E-state index in [1.54, 1.807) is 0 Å². The molecule has 1 saturated carbocycles. The predicted molar refractivity (Wildman–Crippen MR) is 65.6 cm³/mol. The van der Waals surface area contributed by atoms with Gasteiger partial charge in [0, 0.05) is 19.5 Å². The second-order valence-corrected chi connectivity index (χ2v) is 4.88. The summed E-state index contributed by atoms with van der Waals surface area (Å²) in [7, 11) is 0. The fraction of sp³-hybridized carbons (Fsp3) is 0.769. The van der Waals surface area contributed by atoms with Gasteiger partial charge in [-0.1, -0.05) is 6.92 Å². The lowest BCUT2D eigenvalue weighted by molar-refractivity contribution is -0.132. The fourth-order valence-electron chi connectivity index (χ4n) is 2.27. The minimum absolute atomic E-state index is 0.0946. The topological polar surface area (TPSA) is 55.1 Å². The summed E-state index contributed by atoms with van der Waals surface area (Å²) in [5.41, 5.74) is 5.46. The van der Waals surface area contributed by atoms with Crippen LogP contribution in [0.3, 0.4) is 0 Å². The average Bonchev–Trinajstić information content (AvgIpc) is 2.31. The zero-order valence-corrected chi connectivity index (χ0v) is 10.1. The maximum atomic E-state index is 12.1. The van der Waals surface area contributed by atoms with Crippen LogP contribution in [-0.4, -0.2) is 19.0 Å². The number of hydrogen-bond acceptors (Lipinski definition) is 2. The summed E-state index contributed by atoms with van der Waals surface area (Å²) in [4.78, 5) is 12.1. The first kappa shape index (κ1) is 13.1. The van der Waals surface area contributed by atoms with Gasteiger partial charge in [0.15, 0.2) is 0 Å². The summed E-state index contributed by atoms with van der Waals surface area (Å²) in [6, 6.07) is 0. The Morgan fingerprint density at radius 1 is 1.56 bits per heavy atom. The highest BCUT2D eigenvalue weighted by atomic mass is 16.2. The molecule has 90 valence electrons. The second kappa shape index (κ2) is 5.91. The number of nitrogens with one attached hydrogen (secondary N) is 1. The Morgan fingerprint density at radius 3 is 2.69 bits per heavy atom. The van der Waals surface area contributed by atoms with Gasteiger partial charge in [0.2, 0.25) is 5.91 Å². The summed E-state index contributed by atoms with van der Waals surface area (Å²) >= 11 is 0. The lowest BCUT2D eigenvalue weighted by atomic mass is 9.70. The molecule has 3 nitrogen and oxygen atoms in total. The molecule has 16 heavy (non-hydrogen) atoms. The predicted octanol–water partition coefficient (Wildman–Crippen LogP) is 1.28. The first-order valence-corrected chi connectivity index (χ1v) is 6.06. The van der Waals surface area contributed by atoms with E-state index in [9.17, 15) is 4.79 Å². The standard InChI is InChI=1S/C13H22N2O/c1-3-4-9-15-12(16)13(10-14)7-5-11(2)6-8-13/h1,11H,4-10,14H2,2H3,(H,15,16). The van der Waals surface area contributed by atoms with E-state index in [0.29, 0.717) is 19.5 Å². The van der Waals surface area contributed by atoms with Crippen molar-refractivity contribution in [1.82, 2.24) is 5.32 Å². The molecule has 0 unspecified atom stereocenters. The first-order chi connectivity index (χ1) is 7.64. The minimum atomic E-state index is -0.332. The van der Waals surface area contributed by atoms with Gasteiger partial charge in [0.25, 0.3) is 0 Å². The highest BCUT2D eigenvalue weighted by Gasteiger charge is 2.39. The normalized spacial score (nSPS) is 29.4. The van der Waals surface area contributed by atoms with Crippen molar-refractivity contribution in [2.75, 3.05) is 13.1 Å². The molecule has 3 heteroatoms. The Hall–Kier alpha value is -1.01. The number of terminal acetylenes is 1. The van der Waals surface area contributed by atoms with Gasteiger partial charge in [0.1, 0.15) is 0 Å². The van der Waals surface area contributed by atoms with Crippen LogP contribution in [0.5, 0.6) is 0 Å². The summed E-state index contributed by atoms with van der Waals surface area (Å²) < 4.78 is 0. The molecule has 0 spiro atoms. The molecule has 0 atom stereocenters. The van der Waals surface area contributed by atoms with Gasteiger partial charge in [-0.25, -0.2) is 0 Å². The van der Waals surface area contributed by atoms with Crippen LogP contribution < -0.4 is 11.1 Å². The minimum Gasteiger partial charge on any atom is -0.355 e. The van der Waals surface area contributed by atoms with E-state index < -0.39 is 0 Å². The van der Waals surface area contributed by atoms with E-state index in [-0.39, 0.29) is 11.3 Å². The lowest BCUT2D eigenvalue weighted by Gasteiger charge is -2.37. The molecule has 0 aliphatic heterocycles. The number of carbonyl (C=O) groups is 1. The average molecular weight is 222 g/mol. The van der Waals surface area contributed by atoms with Crippen molar-refractivity contribution in [1.29, 1.82) is 0 Å². The van der Waals surface area contributed by atoms with E-state index in [1.807, 2.05) is 0 Å². The molecule has 0 aromatic carbocycles. The quantitative estimate of drug-likeness (QED) is 0.556. The van der Waals surface area contributed by atoms with E-state index in [4.69, 9.17) is 12.2 Å². The molecule has 0 saturated heterocycles. The molecule has 1 aliphatic rings. The van der Waals surface area contributed by atoms with Crippen molar-refractivity contribution in [3.63, 3.8) is 0 Å². The SMILES string of the molecule is C#CCCNC(=O)C1(CN)CCC(C)CC1. The van der Waals surface area contributed by atoms with Crippen LogP contribution in [0, 0.1) is 23.7 Å². The van der Waals surface area contributed by atoms with E-state index >= 15 is 0 Å². The smallest absolute Gasteiger partial charge is 0.227 e. The number of amides is 1. The van der Waals surface area contributed by atoms with E-state index in [0.717, 1.165) is 31.6 Å². The van der Waals surface area contributed by atoms with Gasteiger partial charge in [-0.2, -0.15) is 0 Å². The van der Waals surface area contributed by atoms with Crippen molar-refractivity contribution in [3.05, 3.63) is 0 Å². The highest BCUT2D eigenvalue weighted by Crippen LogP contribution is 2.38. The number of rotatable bonds is 4. The Bertz CT molecular complexity index is 272. The van der Waals surface area contributed by atoms with Crippen molar-refractivity contribution in [2.45, 2.75) is 39.0 Å². The molecule has 1 fully saturated rings. The van der Waals surface area contributed by atoms with Crippen LogP contribution in [-0.2, 0) is 4.79 Å². The van der Waals surface area contributed by atoms with Gasteiger partial charge < -0.3 is 11.1 Å². The van der Waals surface area contributed by atoms with Gasteiger partial charge in [0.05, 0.1) is 5.41 Å². The zero-order chi connectivity index (χ0) is 12.0. The maximum absolute atomic E-state index is 12.1. The fourth-order valence-corrected chi connectivity index (χ4v) is 2.27. The third kappa shape index (κ3) is 2.99. The Labute approximate surface area is 98.2 Å². The molecule has 0 heterocycles. The highest BCUT2D eigenvalue weighted by molar-refractivity contribution is 5.83. The Kier molecular flexibility index (Phi) is 4.82. The molecular weight excluding hydrogens is 200 g/mol. The van der Waals surface area contributed by atoms with Crippen molar-refractivity contribution < 1.29 is 4.79 Å². The number of hydrogen-bond donors (Lipinski definition) is 2. The molecule has 0 radical (unpaired) electrons. The zero-order valence-electron chi connectivity index (χ0n) is 10.1. The molecule has 1 amide bonds. The van der Waals surface area contributed by atoms with Gasteiger partial charge in [-0.3, -0.25) is 4.79 Å². The molecule has 1 rings (SSSR count). The largest absolute Gasteiger partial charge is 0.355 e. The first-order valence-electron chi connectivity index (χ1n) is 6.06. The van der Waals surface area contributed by atoms with E-state index in [2.05, 4.69) is 18.2 Å². The van der Waals surface area contributed by atoms with Crippen molar-refractivity contribution in [2.24, 2.45) is 17.1 Å². The van der Waals surface area contributed by atoms with Crippen molar-refractivity contribution >= 4 is 5.91 Å². The Morgan fingerprint density at radius 2 is 2.19 bits per heavy atom. The van der Waals surface area contributed by atoms with Crippen LogP contribution in [0.25, 0.3) is 0 Å². The molecule has 0 bridgehead atoms. The van der Waals surface area contributed by atoms with E-state index in [1.165, 1.54) is 0 Å². The van der Waals surface area contributed by atoms with Crippen LogP contribution >= 0.6 is 0 Å². The summed E-state index contributed by atoms with van der Waals surface area (Å²) in [5.74, 6) is 3.33. The summed E-state index contributed by atoms with van der Waals surface area (Å²) in [5, 5.41) is 2.90. The monoisotopic (exact) mass is 222 g/mol. The van der Waals surface area contributed by atoms with Gasteiger partial charge in [-0.05, 0) is 31.6 Å². The summed E-state index contributed by atoms with van der Waals surface area (Å²) in [6.07, 6.45) is 9.75. The van der Waals surface area contributed by atoms with Crippen LogP contribution in [0.4, 0.5) is 0 Å². The lowest BCUT2D eigenvalue weighted by Crippen LogP contribution is -2.48. The van der Waals surface area contributed by atoms with Gasteiger partial charge >= 0.3 is 0 Å². The number of nitrogens with two attached hydrogens (primary N) is 1. The molecule has 0 aromatic heterocycles. The third-order valence-corrected chi connectivity index (χ3v) is 3.66. The number of carbonyl (C=O) groups excluding carboxylic acids is 1. The van der Waals surface area contributed by atoms with Crippen LogP contribution in [0.1, 0.15) is 39.0 Å². The summed E-state index contributed by atoms with van der Waals surface area (Å²) in [6.45, 7) is 3.24. The Balaban J connectivity index is 2.52. The molecule has 3 N–H and O–H groups in total. The third-order valence-electron chi connectivity index (χ3n) is 3.66. The van der Waals surface area contributed by atoms with Crippen LogP contribution in [0.15, 0.2) is 0 Å².